The lowest BCUT2D eigenvalue weighted by Crippen LogP contribution is -2.39. The van der Waals surface area contributed by atoms with E-state index in [1.807, 2.05) is 22.7 Å². The number of thiophene rings is 2. The SMILES string of the molecule is CC(C)(c1ccc(-c2cccs2)cc1)N1CCC(CCc2cccs2)C1. The van der Waals surface area contributed by atoms with Gasteiger partial charge in [-0.05, 0) is 79.6 Å². The van der Waals surface area contributed by atoms with Crippen molar-refractivity contribution >= 4 is 22.7 Å². The third-order valence-corrected chi connectivity index (χ3v) is 7.71. The van der Waals surface area contributed by atoms with Gasteiger partial charge in [0.25, 0.3) is 0 Å². The Hall–Kier alpha value is -1.42. The van der Waals surface area contributed by atoms with Crippen LogP contribution in [0.1, 0.15) is 37.1 Å². The number of likely N-dealkylation sites (tertiary alicyclic amines) is 1. The first kappa shape index (κ1) is 18.0. The highest BCUT2D eigenvalue weighted by Crippen LogP contribution is 2.35. The van der Waals surface area contributed by atoms with Crippen LogP contribution in [0.4, 0.5) is 0 Å². The highest BCUT2D eigenvalue weighted by molar-refractivity contribution is 7.13. The summed E-state index contributed by atoms with van der Waals surface area (Å²) < 4.78 is 0. The van der Waals surface area contributed by atoms with Gasteiger partial charge in [-0.15, -0.1) is 22.7 Å². The quantitative estimate of drug-likeness (QED) is 0.461. The molecule has 0 bridgehead atoms. The highest BCUT2D eigenvalue weighted by atomic mass is 32.1. The maximum atomic E-state index is 2.69. The maximum absolute atomic E-state index is 2.69. The molecule has 0 spiro atoms. The van der Waals surface area contributed by atoms with Crippen molar-refractivity contribution in [1.29, 1.82) is 0 Å². The minimum atomic E-state index is 0.103. The number of rotatable bonds is 6. The number of hydrogen-bond acceptors (Lipinski definition) is 3. The number of hydrogen-bond donors (Lipinski definition) is 0. The Balaban J connectivity index is 1.40. The van der Waals surface area contributed by atoms with Crippen LogP contribution in [0.2, 0.25) is 0 Å². The van der Waals surface area contributed by atoms with Gasteiger partial charge >= 0.3 is 0 Å². The van der Waals surface area contributed by atoms with Crippen molar-refractivity contribution in [2.45, 2.75) is 38.6 Å². The summed E-state index contributed by atoms with van der Waals surface area (Å²) in [5.41, 5.74) is 2.86. The maximum Gasteiger partial charge on any atom is 0.0404 e. The molecule has 0 saturated carbocycles. The van der Waals surface area contributed by atoms with Crippen LogP contribution in [0.3, 0.4) is 0 Å². The van der Waals surface area contributed by atoms with Crippen LogP contribution >= 0.6 is 22.7 Å². The van der Waals surface area contributed by atoms with E-state index in [1.54, 1.807) is 0 Å². The summed E-state index contributed by atoms with van der Waals surface area (Å²) in [4.78, 5) is 5.57. The fraction of sp³-hybridized carbons (Fsp3) is 0.391. The first-order valence-electron chi connectivity index (χ1n) is 9.55. The van der Waals surface area contributed by atoms with E-state index in [9.17, 15) is 0 Å². The molecule has 3 aromatic rings. The molecule has 4 rings (SSSR count). The minimum absolute atomic E-state index is 0.103. The Morgan fingerprint density at radius 3 is 2.46 bits per heavy atom. The molecule has 136 valence electrons. The summed E-state index contributed by atoms with van der Waals surface area (Å²) in [6, 6.07) is 18.0. The average Bonchev–Trinajstić information content (AvgIpc) is 3.42. The zero-order valence-corrected chi connectivity index (χ0v) is 17.3. The molecule has 2 aromatic heterocycles. The summed E-state index contributed by atoms with van der Waals surface area (Å²) in [6.07, 6.45) is 3.90. The summed E-state index contributed by atoms with van der Waals surface area (Å²) in [7, 11) is 0. The van der Waals surface area contributed by atoms with Gasteiger partial charge in [-0.3, -0.25) is 4.90 Å². The Bertz CT molecular complexity index is 801. The van der Waals surface area contributed by atoms with Crippen molar-refractivity contribution in [3.63, 3.8) is 0 Å². The Morgan fingerprint density at radius 2 is 1.77 bits per heavy atom. The molecule has 0 amide bonds. The average molecular weight is 382 g/mol. The second-order valence-electron chi connectivity index (χ2n) is 7.83. The lowest BCUT2D eigenvalue weighted by atomic mass is 9.91. The second kappa shape index (κ2) is 7.67. The van der Waals surface area contributed by atoms with Crippen molar-refractivity contribution in [2.24, 2.45) is 5.92 Å². The molecule has 1 aliphatic heterocycles. The largest absolute Gasteiger partial charge is 0.294 e. The molecule has 3 heteroatoms. The molecule has 0 N–H and O–H groups in total. The van der Waals surface area contributed by atoms with E-state index in [2.05, 4.69) is 78.0 Å². The smallest absolute Gasteiger partial charge is 0.0404 e. The van der Waals surface area contributed by atoms with Gasteiger partial charge in [-0.1, -0.05) is 36.4 Å². The van der Waals surface area contributed by atoms with E-state index >= 15 is 0 Å². The number of aryl methyl sites for hydroxylation is 1. The molecule has 1 nitrogen and oxygen atoms in total. The molecule has 0 radical (unpaired) electrons. The molecule has 1 aromatic carbocycles. The minimum Gasteiger partial charge on any atom is -0.294 e. The van der Waals surface area contributed by atoms with Crippen LogP contribution in [-0.4, -0.2) is 18.0 Å². The fourth-order valence-electron chi connectivity index (χ4n) is 4.04. The van der Waals surface area contributed by atoms with Gasteiger partial charge in [0.05, 0.1) is 0 Å². The standard InChI is InChI=1S/C23H27NS2/c1-23(2,20-10-8-19(9-11-20)22-6-4-16-26-22)24-14-13-18(17-24)7-12-21-5-3-15-25-21/h3-6,8-11,15-16,18H,7,12-14,17H2,1-2H3. The van der Waals surface area contributed by atoms with E-state index in [4.69, 9.17) is 0 Å². The molecule has 1 saturated heterocycles. The third-order valence-electron chi connectivity index (χ3n) is 5.85. The van der Waals surface area contributed by atoms with Gasteiger partial charge in [0.2, 0.25) is 0 Å². The molecule has 1 atom stereocenters. The topological polar surface area (TPSA) is 3.24 Å². The van der Waals surface area contributed by atoms with Crippen molar-refractivity contribution in [3.05, 3.63) is 69.7 Å². The van der Waals surface area contributed by atoms with Crippen LogP contribution in [0.25, 0.3) is 10.4 Å². The predicted octanol–water partition coefficient (Wildman–Crippen LogP) is 6.67. The molecule has 0 aliphatic carbocycles. The molecular weight excluding hydrogens is 354 g/mol. The summed E-state index contributed by atoms with van der Waals surface area (Å²) in [5.74, 6) is 0.835. The van der Waals surface area contributed by atoms with E-state index in [-0.39, 0.29) is 5.54 Å². The second-order valence-corrected chi connectivity index (χ2v) is 9.81. The van der Waals surface area contributed by atoms with Gasteiger partial charge in [0.15, 0.2) is 0 Å². The lowest BCUT2D eigenvalue weighted by molar-refractivity contribution is 0.148. The van der Waals surface area contributed by atoms with Gasteiger partial charge in [-0.25, -0.2) is 0 Å². The van der Waals surface area contributed by atoms with Crippen molar-refractivity contribution < 1.29 is 0 Å². The van der Waals surface area contributed by atoms with Crippen LogP contribution in [-0.2, 0) is 12.0 Å². The van der Waals surface area contributed by atoms with Crippen LogP contribution < -0.4 is 0 Å². The molecule has 3 heterocycles. The molecule has 1 aliphatic rings. The summed E-state index contributed by atoms with van der Waals surface area (Å²) in [6.45, 7) is 7.21. The normalized spacial score (nSPS) is 18.5. The number of nitrogens with zero attached hydrogens (tertiary/aromatic N) is 1. The van der Waals surface area contributed by atoms with Gasteiger partial charge in [0, 0.05) is 21.8 Å². The Labute approximate surface area is 165 Å². The zero-order valence-electron chi connectivity index (χ0n) is 15.7. The summed E-state index contributed by atoms with van der Waals surface area (Å²) >= 11 is 3.71. The van der Waals surface area contributed by atoms with Gasteiger partial charge < -0.3 is 0 Å². The summed E-state index contributed by atoms with van der Waals surface area (Å²) in [5, 5.41) is 4.34. The van der Waals surface area contributed by atoms with E-state index < -0.39 is 0 Å². The van der Waals surface area contributed by atoms with Gasteiger partial charge in [0.1, 0.15) is 0 Å². The van der Waals surface area contributed by atoms with E-state index in [1.165, 1.54) is 53.2 Å². The molecular formula is C23H27NS2. The zero-order chi connectivity index (χ0) is 18.0. The number of benzene rings is 1. The van der Waals surface area contributed by atoms with E-state index in [0.29, 0.717) is 0 Å². The predicted molar refractivity (Wildman–Crippen MR) is 115 cm³/mol. The molecule has 1 unspecified atom stereocenters. The van der Waals surface area contributed by atoms with Crippen molar-refractivity contribution in [2.75, 3.05) is 13.1 Å². The van der Waals surface area contributed by atoms with Crippen LogP contribution in [0, 0.1) is 5.92 Å². The van der Waals surface area contributed by atoms with Crippen LogP contribution in [0.15, 0.2) is 59.3 Å². The fourth-order valence-corrected chi connectivity index (χ4v) is 5.50. The molecule has 26 heavy (non-hydrogen) atoms. The first-order chi connectivity index (χ1) is 12.6. The Morgan fingerprint density at radius 1 is 1.00 bits per heavy atom. The monoisotopic (exact) mass is 381 g/mol. The van der Waals surface area contributed by atoms with E-state index in [0.717, 1.165) is 5.92 Å². The van der Waals surface area contributed by atoms with Crippen molar-refractivity contribution in [3.8, 4) is 10.4 Å². The highest BCUT2D eigenvalue weighted by Gasteiger charge is 2.34. The third kappa shape index (κ3) is 3.80. The first-order valence-corrected chi connectivity index (χ1v) is 11.3. The van der Waals surface area contributed by atoms with Crippen molar-refractivity contribution in [1.82, 2.24) is 4.90 Å². The lowest BCUT2D eigenvalue weighted by Gasteiger charge is -2.36. The Kier molecular flexibility index (Phi) is 5.30. The van der Waals surface area contributed by atoms with Gasteiger partial charge in [-0.2, -0.15) is 0 Å². The molecule has 1 fully saturated rings. The van der Waals surface area contributed by atoms with Crippen LogP contribution in [0.5, 0.6) is 0 Å².